The number of methoxy groups -OCH3 is 1. The number of rotatable bonds is 6. The van der Waals surface area contributed by atoms with Crippen LogP contribution in [0.5, 0.6) is 11.5 Å². The topological polar surface area (TPSA) is 44.8 Å². The molecule has 4 nitrogen and oxygen atoms in total. The molecule has 0 amide bonds. The number of ether oxygens (including phenoxy) is 3. The number of halogens is 1. The molecule has 2 aromatic carbocycles. The summed E-state index contributed by atoms with van der Waals surface area (Å²) >= 11 is 6.29. The molecule has 0 N–H and O–H groups in total. The molecule has 0 aliphatic heterocycles. The molecule has 0 fully saturated rings. The Morgan fingerprint density at radius 3 is 2.44 bits per heavy atom. The molecule has 0 spiro atoms. The van der Waals surface area contributed by atoms with Crippen molar-refractivity contribution >= 4 is 17.8 Å². The van der Waals surface area contributed by atoms with E-state index in [-0.39, 0.29) is 6.61 Å². The van der Waals surface area contributed by atoms with E-state index in [9.17, 15) is 4.79 Å². The van der Waals surface area contributed by atoms with Crippen LogP contribution in [0.3, 0.4) is 0 Å². The van der Waals surface area contributed by atoms with Crippen molar-refractivity contribution in [1.29, 1.82) is 0 Å². The Labute approximate surface area is 153 Å². The Morgan fingerprint density at radius 1 is 1.08 bits per heavy atom. The Bertz CT molecular complexity index is 756. The molecule has 0 saturated carbocycles. The van der Waals surface area contributed by atoms with Crippen molar-refractivity contribution in [1.82, 2.24) is 0 Å². The van der Waals surface area contributed by atoms with Gasteiger partial charge in [-0.15, -0.1) is 0 Å². The summed E-state index contributed by atoms with van der Waals surface area (Å²) in [6.45, 7) is 6.37. The lowest BCUT2D eigenvalue weighted by molar-refractivity contribution is 0.120. The monoisotopic (exact) mass is 362 g/mol. The molecule has 0 aromatic heterocycles. The SMILES string of the molecule is CCc1cc(C)c(OCc2c(CC)cccc2OC(=O)OC)cc1Cl. The zero-order valence-electron chi connectivity index (χ0n) is 15.0. The number of carbonyl (C=O) groups is 1. The molecule has 0 saturated heterocycles. The third-order valence-electron chi connectivity index (χ3n) is 4.07. The van der Waals surface area contributed by atoms with Crippen LogP contribution in [0.2, 0.25) is 5.02 Å². The average molecular weight is 363 g/mol. The van der Waals surface area contributed by atoms with Crippen LogP contribution < -0.4 is 9.47 Å². The number of hydrogen-bond acceptors (Lipinski definition) is 4. The zero-order chi connectivity index (χ0) is 18.4. The van der Waals surface area contributed by atoms with Crippen LogP contribution in [0.4, 0.5) is 4.79 Å². The van der Waals surface area contributed by atoms with Gasteiger partial charge in [0.1, 0.15) is 18.1 Å². The highest BCUT2D eigenvalue weighted by Crippen LogP contribution is 2.30. The van der Waals surface area contributed by atoms with Crippen molar-refractivity contribution in [2.75, 3.05) is 7.11 Å². The summed E-state index contributed by atoms with van der Waals surface area (Å²) in [5, 5.41) is 0.693. The van der Waals surface area contributed by atoms with Gasteiger partial charge in [-0.05, 0) is 48.6 Å². The zero-order valence-corrected chi connectivity index (χ0v) is 15.8. The summed E-state index contributed by atoms with van der Waals surface area (Å²) in [6.07, 6.45) is 0.919. The molecular formula is C20H23ClO4. The van der Waals surface area contributed by atoms with Crippen LogP contribution in [0.15, 0.2) is 30.3 Å². The van der Waals surface area contributed by atoms with Crippen LogP contribution >= 0.6 is 11.6 Å². The highest BCUT2D eigenvalue weighted by molar-refractivity contribution is 6.31. The fraction of sp³-hybridized carbons (Fsp3) is 0.350. The molecule has 0 heterocycles. The second kappa shape index (κ2) is 8.77. The first kappa shape index (κ1) is 19.1. The first-order valence-corrected chi connectivity index (χ1v) is 8.66. The van der Waals surface area contributed by atoms with E-state index < -0.39 is 6.16 Å². The van der Waals surface area contributed by atoms with E-state index in [0.29, 0.717) is 10.8 Å². The predicted molar refractivity (Wildman–Crippen MR) is 98.8 cm³/mol. The second-order valence-corrected chi connectivity index (χ2v) is 6.06. The van der Waals surface area contributed by atoms with Gasteiger partial charge in [0.15, 0.2) is 0 Å². The second-order valence-electron chi connectivity index (χ2n) is 5.65. The van der Waals surface area contributed by atoms with Crippen molar-refractivity contribution < 1.29 is 19.0 Å². The maximum Gasteiger partial charge on any atom is 0.513 e. The Balaban J connectivity index is 2.28. The van der Waals surface area contributed by atoms with Gasteiger partial charge in [-0.2, -0.15) is 0 Å². The minimum absolute atomic E-state index is 0.277. The summed E-state index contributed by atoms with van der Waals surface area (Å²) in [7, 11) is 1.28. The van der Waals surface area contributed by atoms with Gasteiger partial charge in [0.2, 0.25) is 0 Å². The maximum atomic E-state index is 11.5. The average Bonchev–Trinajstić information content (AvgIpc) is 2.62. The first-order valence-electron chi connectivity index (χ1n) is 8.28. The van der Waals surface area contributed by atoms with Gasteiger partial charge >= 0.3 is 6.16 Å². The highest BCUT2D eigenvalue weighted by Gasteiger charge is 2.14. The van der Waals surface area contributed by atoms with Crippen LogP contribution in [0.1, 0.15) is 36.1 Å². The van der Waals surface area contributed by atoms with Gasteiger partial charge in [0.25, 0.3) is 0 Å². The van der Waals surface area contributed by atoms with E-state index in [0.717, 1.165) is 40.8 Å². The Kier molecular flexibility index (Phi) is 6.71. The lowest BCUT2D eigenvalue weighted by Gasteiger charge is -2.16. The van der Waals surface area contributed by atoms with E-state index in [1.165, 1.54) is 7.11 Å². The molecule has 134 valence electrons. The summed E-state index contributed by atoms with van der Waals surface area (Å²) in [5.74, 6) is 1.16. The van der Waals surface area contributed by atoms with E-state index in [4.69, 9.17) is 21.1 Å². The lowest BCUT2D eigenvalue weighted by atomic mass is 10.0. The number of benzene rings is 2. The molecule has 5 heteroatoms. The predicted octanol–water partition coefficient (Wildman–Crippen LogP) is 5.50. The van der Waals surface area contributed by atoms with Gasteiger partial charge < -0.3 is 14.2 Å². The van der Waals surface area contributed by atoms with E-state index >= 15 is 0 Å². The summed E-state index contributed by atoms with van der Waals surface area (Å²) in [4.78, 5) is 11.5. The van der Waals surface area contributed by atoms with E-state index in [1.54, 1.807) is 6.07 Å². The molecule has 0 aliphatic rings. The normalized spacial score (nSPS) is 10.4. The number of aryl methyl sites for hydroxylation is 3. The fourth-order valence-electron chi connectivity index (χ4n) is 2.63. The first-order chi connectivity index (χ1) is 12.0. The molecular weight excluding hydrogens is 340 g/mol. The van der Waals surface area contributed by atoms with Crippen LogP contribution in [-0.4, -0.2) is 13.3 Å². The maximum absolute atomic E-state index is 11.5. The molecule has 0 unspecified atom stereocenters. The minimum atomic E-state index is -0.749. The molecule has 0 atom stereocenters. The van der Waals surface area contributed by atoms with E-state index in [2.05, 4.69) is 11.7 Å². The van der Waals surface area contributed by atoms with Crippen molar-refractivity contribution in [3.05, 3.63) is 57.6 Å². The largest absolute Gasteiger partial charge is 0.513 e. The van der Waals surface area contributed by atoms with Crippen molar-refractivity contribution in [3.63, 3.8) is 0 Å². The number of hydrogen-bond donors (Lipinski definition) is 0. The van der Waals surface area contributed by atoms with Crippen LogP contribution in [0, 0.1) is 6.92 Å². The van der Waals surface area contributed by atoms with Gasteiger partial charge in [0, 0.05) is 10.6 Å². The third-order valence-corrected chi connectivity index (χ3v) is 4.42. The van der Waals surface area contributed by atoms with Crippen molar-refractivity contribution in [2.45, 2.75) is 40.2 Å². The van der Waals surface area contributed by atoms with Gasteiger partial charge in [-0.25, -0.2) is 4.79 Å². The third kappa shape index (κ3) is 4.67. The summed E-state index contributed by atoms with van der Waals surface area (Å²) in [5.41, 5.74) is 3.99. The van der Waals surface area contributed by atoms with Gasteiger partial charge in [0.05, 0.1) is 7.11 Å². The standard InChI is InChI=1S/C20H23ClO4/c1-5-14-8-7-9-18(25-20(22)23-4)16(14)12-24-19-11-17(21)15(6-2)10-13(19)3/h7-11H,5-6,12H2,1-4H3. The molecule has 0 aliphatic carbocycles. The van der Waals surface area contributed by atoms with Crippen molar-refractivity contribution in [2.24, 2.45) is 0 Å². The molecule has 0 bridgehead atoms. The molecule has 0 radical (unpaired) electrons. The van der Waals surface area contributed by atoms with Gasteiger partial charge in [-0.1, -0.05) is 43.6 Å². The molecule has 2 aromatic rings. The molecule has 2 rings (SSSR count). The lowest BCUT2D eigenvalue weighted by Crippen LogP contribution is -2.11. The van der Waals surface area contributed by atoms with Gasteiger partial charge in [-0.3, -0.25) is 0 Å². The van der Waals surface area contributed by atoms with Crippen LogP contribution in [-0.2, 0) is 24.2 Å². The summed E-state index contributed by atoms with van der Waals surface area (Å²) in [6, 6.07) is 9.44. The molecule has 25 heavy (non-hydrogen) atoms. The number of carbonyl (C=O) groups excluding carboxylic acids is 1. The summed E-state index contributed by atoms with van der Waals surface area (Å²) < 4.78 is 15.8. The van der Waals surface area contributed by atoms with E-state index in [1.807, 2.05) is 38.1 Å². The minimum Gasteiger partial charge on any atom is -0.488 e. The fourth-order valence-corrected chi connectivity index (χ4v) is 2.92. The quantitative estimate of drug-likeness (QED) is 0.503. The highest BCUT2D eigenvalue weighted by atomic mass is 35.5. The Hall–Kier alpha value is -2.20. The smallest absolute Gasteiger partial charge is 0.488 e. The Morgan fingerprint density at radius 2 is 1.80 bits per heavy atom. The van der Waals surface area contributed by atoms with Crippen molar-refractivity contribution in [3.8, 4) is 11.5 Å². The van der Waals surface area contributed by atoms with Crippen LogP contribution in [0.25, 0.3) is 0 Å².